The molecule has 0 spiro atoms. The van der Waals surface area contributed by atoms with Gasteiger partial charge in [0.15, 0.2) is 0 Å². The molecule has 2 rings (SSSR count). The summed E-state index contributed by atoms with van der Waals surface area (Å²) in [6.07, 6.45) is 0. The Hall–Kier alpha value is -1.68. The lowest BCUT2D eigenvalue weighted by atomic mass is 10.3. The molecule has 0 atom stereocenters. The molecular formula is C13H15ClN2O2. The maximum absolute atomic E-state index is 9.18. The van der Waals surface area contributed by atoms with E-state index < -0.39 is 0 Å². The van der Waals surface area contributed by atoms with E-state index in [2.05, 4.69) is 5.10 Å². The second kappa shape index (κ2) is 5.31. The van der Waals surface area contributed by atoms with E-state index in [0.717, 1.165) is 17.9 Å². The average molecular weight is 267 g/mol. The number of nitrogens with zero attached hydrogens (tertiary/aromatic N) is 2. The Balaban J connectivity index is 2.12. The van der Waals surface area contributed by atoms with E-state index in [1.54, 1.807) is 24.3 Å². The van der Waals surface area contributed by atoms with Crippen molar-refractivity contribution < 1.29 is 9.84 Å². The van der Waals surface area contributed by atoms with Crippen molar-refractivity contribution in [3.63, 3.8) is 0 Å². The molecule has 0 fully saturated rings. The maximum atomic E-state index is 9.18. The number of hydrogen-bond donors (Lipinski definition) is 1. The van der Waals surface area contributed by atoms with Crippen molar-refractivity contribution in [2.75, 3.05) is 0 Å². The Morgan fingerprint density at radius 2 is 2.00 bits per heavy atom. The highest BCUT2D eigenvalue weighted by molar-refractivity contribution is 6.31. The third-order valence-corrected chi connectivity index (χ3v) is 3.16. The quantitative estimate of drug-likeness (QED) is 0.925. The van der Waals surface area contributed by atoms with Crippen LogP contribution in [0.5, 0.6) is 11.5 Å². The topological polar surface area (TPSA) is 47.3 Å². The van der Waals surface area contributed by atoms with Gasteiger partial charge in [0, 0.05) is 6.54 Å². The minimum atomic E-state index is 0.217. The molecule has 18 heavy (non-hydrogen) atoms. The number of ether oxygens (including phenoxy) is 1. The van der Waals surface area contributed by atoms with Crippen LogP contribution >= 0.6 is 11.6 Å². The molecule has 0 aliphatic rings. The van der Waals surface area contributed by atoms with E-state index in [-0.39, 0.29) is 5.75 Å². The normalized spacial score (nSPS) is 10.6. The number of aromatic nitrogens is 2. The zero-order chi connectivity index (χ0) is 13.1. The van der Waals surface area contributed by atoms with Gasteiger partial charge < -0.3 is 9.84 Å². The average Bonchev–Trinajstić information content (AvgIpc) is 2.65. The van der Waals surface area contributed by atoms with Crippen LogP contribution in [0.3, 0.4) is 0 Å². The monoisotopic (exact) mass is 266 g/mol. The zero-order valence-corrected chi connectivity index (χ0v) is 11.1. The van der Waals surface area contributed by atoms with Crippen LogP contribution in [0, 0.1) is 6.92 Å². The van der Waals surface area contributed by atoms with Crippen LogP contribution in [0.2, 0.25) is 5.02 Å². The molecule has 0 saturated carbocycles. The Kier molecular flexibility index (Phi) is 3.77. The fourth-order valence-electron chi connectivity index (χ4n) is 1.70. The van der Waals surface area contributed by atoms with E-state index in [9.17, 15) is 5.11 Å². The fourth-order valence-corrected chi connectivity index (χ4v) is 1.89. The number of phenols is 1. The number of halogens is 1. The van der Waals surface area contributed by atoms with Crippen molar-refractivity contribution in [3.8, 4) is 11.5 Å². The van der Waals surface area contributed by atoms with Crippen LogP contribution in [0.1, 0.15) is 18.3 Å². The zero-order valence-electron chi connectivity index (χ0n) is 10.4. The highest BCUT2D eigenvalue weighted by Crippen LogP contribution is 2.23. The number of phenolic OH excluding ortho intramolecular Hbond substituents is 1. The smallest absolute Gasteiger partial charge is 0.131 e. The van der Waals surface area contributed by atoms with Crippen LogP contribution in [0.25, 0.3) is 0 Å². The molecular weight excluding hydrogens is 252 g/mol. The molecule has 0 saturated heterocycles. The molecule has 0 aliphatic carbocycles. The molecule has 0 aliphatic heterocycles. The summed E-state index contributed by atoms with van der Waals surface area (Å²) in [6, 6.07) is 6.59. The predicted molar refractivity (Wildman–Crippen MR) is 70.1 cm³/mol. The van der Waals surface area contributed by atoms with E-state index in [0.29, 0.717) is 17.4 Å². The van der Waals surface area contributed by atoms with Crippen LogP contribution in [-0.4, -0.2) is 14.9 Å². The minimum absolute atomic E-state index is 0.217. The molecule has 1 N–H and O–H groups in total. The Morgan fingerprint density at radius 1 is 1.33 bits per heavy atom. The van der Waals surface area contributed by atoms with Gasteiger partial charge in [-0.05, 0) is 38.1 Å². The molecule has 2 aromatic rings. The van der Waals surface area contributed by atoms with Crippen molar-refractivity contribution in [1.82, 2.24) is 9.78 Å². The van der Waals surface area contributed by atoms with Gasteiger partial charge in [0.2, 0.25) is 0 Å². The predicted octanol–water partition coefficient (Wildman–Crippen LogP) is 3.15. The van der Waals surface area contributed by atoms with Gasteiger partial charge in [-0.1, -0.05) is 11.6 Å². The van der Waals surface area contributed by atoms with Crippen LogP contribution in [0.15, 0.2) is 24.3 Å². The molecule has 96 valence electrons. The lowest BCUT2D eigenvalue weighted by molar-refractivity contribution is 0.292. The van der Waals surface area contributed by atoms with Gasteiger partial charge in [0.25, 0.3) is 0 Å². The van der Waals surface area contributed by atoms with Gasteiger partial charge in [-0.3, -0.25) is 4.68 Å². The van der Waals surface area contributed by atoms with Gasteiger partial charge >= 0.3 is 0 Å². The molecule has 0 unspecified atom stereocenters. The lowest BCUT2D eigenvalue weighted by Gasteiger charge is -2.08. The summed E-state index contributed by atoms with van der Waals surface area (Å²) in [5, 5.41) is 14.1. The van der Waals surface area contributed by atoms with E-state index >= 15 is 0 Å². The van der Waals surface area contributed by atoms with Crippen LogP contribution in [0.4, 0.5) is 0 Å². The number of aromatic hydroxyl groups is 1. The highest BCUT2D eigenvalue weighted by atomic mass is 35.5. The second-order valence-electron chi connectivity index (χ2n) is 3.94. The summed E-state index contributed by atoms with van der Waals surface area (Å²) in [5.74, 6) is 0.903. The summed E-state index contributed by atoms with van der Waals surface area (Å²) in [5.41, 5.74) is 1.67. The highest BCUT2D eigenvalue weighted by Gasteiger charge is 2.12. The summed E-state index contributed by atoms with van der Waals surface area (Å²) >= 11 is 6.18. The van der Waals surface area contributed by atoms with E-state index in [1.165, 1.54) is 0 Å². The first-order chi connectivity index (χ1) is 8.61. The molecule has 0 bridgehead atoms. The summed E-state index contributed by atoms with van der Waals surface area (Å²) < 4.78 is 7.46. The molecule has 0 amide bonds. The third-order valence-electron chi connectivity index (χ3n) is 2.67. The first kappa shape index (κ1) is 12.8. The van der Waals surface area contributed by atoms with Crippen molar-refractivity contribution in [3.05, 3.63) is 40.7 Å². The Morgan fingerprint density at radius 3 is 2.61 bits per heavy atom. The van der Waals surface area contributed by atoms with Crippen LogP contribution < -0.4 is 4.74 Å². The number of rotatable bonds is 4. The largest absolute Gasteiger partial charge is 0.508 e. The van der Waals surface area contributed by atoms with Crippen molar-refractivity contribution in [1.29, 1.82) is 0 Å². The minimum Gasteiger partial charge on any atom is -0.508 e. The molecule has 1 heterocycles. The van der Waals surface area contributed by atoms with Crippen molar-refractivity contribution >= 4 is 11.6 Å². The summed E-state index contributed by atoms with van der Waals surface area (Å²) in [7, 11) is 0. The van der Waals surface area contributed by atoms with Gasteiger partial charge in [0.1, 0.15) is 18.1 Å². The first-order valence-electron chi connectivity index (χ1n) is 5.75. The molecule has 1 aromatic heterocycles. The van der Waals surface area contributed by atoms with E-state index in [4.69, 9.17) is 16.3 Å². The number of hydrogen-bond acceptors (Lipinski definition) is 3. The standard InChI is InChI=1S/C13H15ClN2O2/c1-3-16-12(13(14)9(2)15-16)8-18-11-6-4-10(17)5-7-11/h4-7,17H,3,8H2,1-2H3. The summed E-state index contributed by atoms with van der Waals surface area (Å²) in [6.45, 7) is 4.99. The molecule has 0 radical (unpaired) electrons. The molecule has 1 aromatic carbocycles. The number of aryl methyl sites for hydroxylation is 2. The van der Waals surface area contributed by atoms with Gasteiger partial charge in [-0.2, -0.15) is 5.10 Å². The lowest BCUT2D eigenvalue weighted by Crippen LogP contribution is -2.06. The first-order valence-corrected chi connectivity index (χ1v) is 6.13. The number of benzene rings is 1. The van der Waals surface area contributed by atoms with Gasteiger partial charge in [0.05, 0.1) is 16.4 Å². The molecule has 5 heteroatoms. The van der Waals surface area contributed by atoms with Crippen molar-refractivity contribution in [2.24, 2.45) is 0 Å². The molecule has 4 nitrogen and oxygen atoms in total. The second-order valence-corrected chi connectivity index (χ2v) is 4.32. The van der Waals surface area contributed by atoms with Gasteiger partial charge in [-0.15, -0.1) is 0 Å². The SMILES string of the molecule is CCn1nc(C)c(Cl)c1COc1ccc(O)cc1. The Labute approximate surface area is 111 Å². The van der Waals surface area contributed by atoms with Crippen molar-refractivity contribution in [2.45, 2.75) is 27.0 Å². The Bertz CT molecular complexity index is 535. The van der Waals surface area contributed by atoms with Crippen LogP contribution in [-0.2, 0) is 13.2 Å². The maximum Gasteiger partial charge on any atom is 0.131 e. The van der Waals surface area contributed by atoms with E-state index in [1.807, 2.05) is 18.5 Å². The third kappa shape index (κ3) is 2.59. The summed E-state index contributed by atoms with van der Waals surface area (Å²) in [4.78, 5) is 0. The van der Waals surface area contributed by atoms with Gasteiger partial charge in [-0.25, -0.2) is 0 Å². The fraction of sp³-hybridized carbons (Fsp3) is 0.308.